The number of sulfone groups is 1. The summed E-state index contributed by atoms with van der Waals surface area (Å²) < 4.78 is 30.3. The van der Waals surface area contributed by atoms with Crippen molar-refractivity contribution < 1.29 is 13.2 Å². The Balaban J connectivity index is 1.71. The lowest BCUT2D eigenvalue weighted by Crippen LogP contribution is -2.19. The Morgan fingerprint density at radius 2 is 1.28 bits per heavy atom. The van der Waals surface area contributed by atoms with Crippen molar-refractivity contribution in [2.24, 2.45) is 0 Å². The number of anilines is 1. The summed E-state index contributed by atoms with van der Waals surface area (Å²) in [7, 11) is -4.13. The van der Waals surface area contributed by atoms with Gasteiger partial charge in [-0.2, -0.15) is 0 Å². The van der Waals surface area contributed by atoms with Gasteiger partial charge in [-0.15, -0.1) is 0 Å². The average Bonchev–Trinajstić information content (AvgIpc) is 3.29. The van der Waals surface area contributed by atoms with Crippen molar-refractivity contribution in [3.63, 3.8) is 0 Å². The summed E-state index contributed by atoms with van der Waals surface area (Å²) in [5, 5.41) is 2.93. The topological polar surface area (TPSA) is 94.0 Å². The predicted molar refractivity (Wildman–Crippen MR) is 152 cm³/mol. The normalized spacial score (nSPS) is 12.4. The molecule has 2 aromatic heterocycles. The van der Waals surface area contributed by atoms with Crippen LogP contribution in [-0.2, 0) is 9.84 Å². The van der Waals surface area contributed by atoms with Gasteiger partial charge in [0, 0.05) is 5.56 Å². The number of fused-ring (bicyclic) bond motifs is 2. The third kappa shape index (κ3) is 4.34. The molecule has 2 heterocycles. The highest BCUT2D eigenvalue weighted by Gasteiger charge is 2.34. The van der Waals surface area contributed by atoms with Gasteiger partial charge in [-0.05, 0) is 48.9 Å². The molecule has 0 aliphatic heterocycles. The van der Waals surface area contributed by atoms with Crippen LogP contribution in [0.25, 0.3) is 22.2 Å². The number of nitrogens with zero attached hydrogens (tertiary/aromatic N) is 3. The van der Waals surface area contributed by atoms with E-state index < -0.39 is 15.7 Å². The van der Waals surface area contributed by atoms with E-state index in [9.17, 15) is 13.2 Å². The van der Waals surface area contributed by atoms with Crippen molar-refractivity contribution in [2.75, 3.05) is 5.32 Å². The van der Waals surface area contributed by atoms with Crippen molar-refractivity contribution in [1.82, 2.24) is 14.5 Å². The number of benzene rings is 4. The number of para-hydroxylation sites is 2. The molecule has 0 bridgehead atoms. The number of aromatic nitrogens is 3. The predicted octanol–water partition coefficient (Wildman–Crippen LogP) is 6.28. The van der Waals surface area contributed by atoms with E-state index in [4.69, 9.17) is 9.97 Å². The minimum atomic E-state index is -4.13. The van der Waals surface area contributed by atoms with Crippen molar-refractivity contribution >= 4 is 43.8 Å². The Labute approximate surface area is 225 Å². The van der Waals surface area contributed by atoms with Gasteiger partial charge in [0.1, 0.15) is 16.2 Å². The fourth-order valence-electron chi connectivity index (χ4n) is 4.75. The third-order valence-electron chi connectivity index (χ3n) is 6.71. The van der Waals surface area contributed by atoms with Crippen molar-refractivity contribution in [3.8, 4) is 0 Å². The third-order valence-corrected chi connectivity index (χ3v) is 8.53. The highest BCUT2D eigenvalue weighted by atomic mass is 32.2. The minimum absolute atomic E-state index is 0.0889. The Bertz CT molecular complexity index is 1920. The van der Waals surface area contributed by atoms with Gasteiger partial charge in [0.25, 0.3) is 5.91 Å². The molecule has 0 saturated heterocycles. The van der Waals surface area contributed by atoms with Gasteiger partial charge in [0.05, 0.1) is 22.0 Å². The van der Waals surface area contributed by atoms with Crippen LogP contribution in [0.1, 0.15) is 28.9 Å². The zero-order chi connectivity index (χ0) is 27.0. The van der Waals surface area contributed by atoms with Gasteiger partial charge in [-0.1, -0.05) is 78.9 Å². The Kier molecular flexibility index (Phi) is 6.17. The summed E-state index contributed by atoms with van der Waals surface area (Å²) in [5.41, 5.74) is 3.05. The quantitative estimate of drug-likeness (QED) is 0.273. The molecular formula is C31H24N4O3S. The molecular weight excluding hydrogens is 508 g/mol. The van der Waals surface area contributed by atoms with Crippen LogP contribution in [0.2, 0.25) is 0 Å². The molecule has 8 heteroatoms. The molecule has 192 valence electrons. The first-order chi connectivity index (χ1) is 18.9. The van der Waals surface area contributed by atoms with E-state index >= 15 is 0 Å². The number of rotatable bonds is 6. The zero-order valence-corrected chi connectivity index (χ0v) is 21.8. The highest BCUT2D eigenvalue weighted by molar-refractivity contribution is 7.92. The molecule has 1 amide bonds. The minimum Gasteiger partial charge on any atom is -0.307 e. The molecule has 0 radical (unpaired) electrons. The van der Waals surface area contributed by atoms with E-state index in [0.717, 1.165) is 5.56 Å². The molecule has 4 aromatic carbocycles. The van der Waals surface area contributed by atoms with Gasteiger partial charge in [-0.25, -0.2) is 18.4 Å². The summed E-state index contributed by atoms with van der Waals surface area (Å²) in [6, 6.07) is 33.5. The van der Waals surface area contributed by atoms with Crippen LogP contribution in [0.3, 0.4) is 0 Å². The Morgan fingerprint density at radius 1 is 0.744 bits per heavy atom. The molecule has 0 fully saturated rings. The summed E-state index contributed by atoms with van der Waals surface area (Å²) in [4.78, 5) is 23.2. The van der Waals surface area contributed by atoms with Gasteiger partial charge >= 0.3 is 0 Å². The number of hydrogen-bond donors (Lipinski definition) is 1. The number of carbonyl (C=O) groups is 1. The van der Waals surface area contributed by atoms with Gasteiger partial charge in [0.15, 0.2) is 5.65 Å². The van der Waals surface area contributed by atoms with Crippen LogP contribution in [-0.4, -0.2) is 28.9 Å². The van der Waals surface area contributed by atoms with Crippen LogP contribution in [0.4, 0.5) is 5.82 Å². The molecule has 0 saturated carbocycles. The summed E-state index contributed by atoms with van der Waals surface area (Å²) in [5.74, 6) is -0.316. The number of hydrogen-bond acceptors (Lipinski definition) is 5. The van der Waals surface area contributed by atoms with Gasteiger partial charge < -0.3 is 9.88 Å². The first-order valence-corrected chi connectivity index (χ1v) is 14.0. The molecule has 6 rings (SSSR count). The molecule has 1 N–H and O–H groups in total. The number of carbonyl (C=O) groups excluding carboxylic acids is 1. The molecule has 0 unspecified atom stereocenters. The SMILES string of the molecule is C[C@H](c1ccccc1)n1c(NC(=O)c2ccccc2)c(S(=O)(=O)c2ccccc2)c2nc3ccccc3nc21. The summed E-state index contributed by atoms with van der Waals surface area (Å²) >= 11 is 0. The molecule has 1 atom stereocenters. The highest BCUT2D eigenvalue weighted by Crippen LogP contribution is 2.40. The summed E-state index contributed by atoms with van der Waals surface area (Å²) in [6.45, 7) is 1.95. The standard InChI is InChI=1S/C31H24N4O3S/c1-21(22-13-5-2-6-14-22)35-29-27(32-25-19-11-12-20-26(25)33-29)28(39(37,38)24-17-9-4-10-18-24)30(35)34-31(36)23-15-7-3-8-16-23/h2-21H,1H3,(H,34,36)/t21-/m1/s1. The zero-order valence-electron chi connectivity index (χ0n) is 21.0. The van der Waals surface area contributed by atoms with Crippen LogP contribution >= 0.6 is 0 Å². The monoisotopic (exact) mass is 532 g/mol. The van der Waals surface area contributed by atoms with Crippen molar-refractivity contribution in [2.45, 2.75) is 22.8 Å². The maximum atomic E-state index is 14.3. The average molecular weight is 533 g/mol. The smallest absolute Gasteiger partial charge is 0.256 e. The van der Waals surface area contributed by atoms with Crippen LogP contribution in [0.15, 0.2) is 125 Å². The van der Waals surface area contributed by atoms with Gasteiger partial charge in [-0.3, -0.25) is 4.79 Å². The first kappa shape index (κ1) is 24.5. The Morgan fingerprint density at radius 3 is 1.92 bits per heavy atom. The van der Waals surface area contributed by atoms with Crippen molar-refractivity contribution in [1.29, 1.82) is 0 Å². The van der Waals surface area contributed by atoms with Crippen LogP contribution in [0, 0.1) is 0 Å². The van der Waals surface area contributed by atoms with E-state index in [0.29, 0.717) is 22.2 Å². The number of amides is 1. The summed E-state index contributed by atoms with van der Waals surface area (Å²) in [6.07, 6.45) is 0. The van der Waals surface area contributed by atoms with Crippen molar-refractivity contribution in [3.05, 3.63) is 126 Å². The molecule has 0 spiro atoms. The van der Waals surface area contributed by atoms with E-state index in [-0.39, 0.29) is 27.2 Å². The van der Waals surface area contributed by atoms with E-state index in [1.54, 1.807) is 53.1 Å². The maximum absolute atomic E-state index is 14.3. The molecule has 7 nitrogen and oxygen atoms in total. The lowest BCUT2D eigenvalue weighted by molar-refractivity contribution is 0.102. The molecule has 0 aliphatic rings. The fourth-order valence-corrected chi connectivity index (χ4v) is 6.30. The fraction of sp³-hybridized carbons (Fsp3) is 0.0645. The lowest BCUT2D eigenvalue weighted by Gasteiger charge is -2.20. The van der Waals surface area contributed by atoms with E-state index in [2.05, 4.69) is 5.32 Å². The molecule has 39 heavy (non-hydrogen) atoms. The number of nitrogens with one attached hydrogen (secondary N) is 1. The molecule has 0 aliphatic carbocycles. The second-order valence-electron chi connectivity index (χ2n) is 9.16. The second-order valence-corrected chi connectivity index (χ2v) is 11.0. The Hall–Kier alpha value is -4.82. The van der Waals surface area contributed by atoms with Crippen LogP contribution in [0.5, 0.6) is 0 Å². The second kappa shape index (κ2) is 9.81. The maximum Gasteiger partial charge on any atom is 0.256 e. The van der Waals surface area contributed by atoms with Crippen LogP contribution < -0.4 is 5.32 Å². The van der Waals surface area contributed by atoms with E-state index in [1.165, 1.54) is 12.1 Å². The largest absolute Gasteiger partial charge is 0.307 e. The lowest BCUT2D eigenvalue weighted by atomic mass is 10.1. The first-order valence-electron chi connectivity index (χ1n) is 12.5. The van der Waals surface area contributed by atoms with Gasteiger partial charge in [0.2, 0.25) is 9.84 Å². The molecule has 6 aromatic rings. The van der Waals surface area contributed by atoms with E-state index in [1.807, 2.05) is 61.5 Å².